The fourth-order valence-corrected chi connectivity index (χ4v) is 2.44. The highest BCUT2D eigenvalue weighted by Gasteiger charge is 2.23. The molecule has 5 heteroatoms. The zero-order chi connectivity index (χ0) is 13.8. The summed E-state index contributed by atoms with van der Waals surface area (Å²) in [5.74, 6) is -0.427. The molecule has 0 radical (unpaired) electrons. The Balaban J connectivity index is 2.13. The van der Waals surface area contributed by atoms with Crippen molar-refractivity contribution in [3.8, 4) is 11.5 Å². The zero-order valence-electron chi connectivity index (χ0n) is 11.1. The Morgan fingerprint density at radius 2 is 2.11 bits per heavy atom. The first kappa shape index (κ1) is 13.7. The quantitative estimate of drug-likeness (QED) is 0.753. The number of rotatable bonds is 2. The number of benzene rings is 1. The summed E-state index contributed by atoms with van der Waals surface area (Å²) >= 11 is 0. The van der Waals surface area contributed by atoms with E-state index >= 15 is 0 Å². The molecule has 1 fully saturated rings. The summed E-state index contributed by atoms with van der Waals surface area (Å²) in [5.41, 5.74) is 0.234. The van der Waals surface area contributed by atoms with Gasteiger partial charge in [0.15, 0.2) is 0 Å². The number of nitrogens with one attached hydrogen (secondary N) is 1. The van der Waals surface area contributed by atoms with Crippen LogP contribution in [0.1, 0.15) is 29.6 Å². The van der Waals surface area contributed by atoms with Gasteiger partial charge in [0, 0.05) is 19.2 Å². The second-order valence-electron chi connectivity index (χ2n) is 4.95. The molecule has 1 amide bonds. The molecule has 0 saturated carbocycles. The second-order valence-corrected chi connectivity index (χ2v) is 4.95. The number of carbonyl (C=O) groups is 1. The molecule has 1 aromatic carbocycles. The van der Waals surface area contributed by atoms with Crippen molar-refractivity contribution in [1.29, 1.82) is 0 Å². The highest BCUT2D eigenvalue weighted by atomic mass is 16.3. The SMILES string of the molecule is CN(C(=O)c1ccc(O)cc1O)C1CCCNCC1. The predicted octanol–water partition coefficient (Wildman–Crippen LogP) is 1.31. The zero-order valence-corrected chi connectivity index (χ0v) is 11.1. The molecular formula is C14H20N2O3. The molecule has 3 N–H and O–H groups in total. The van der Waals surface area contributed by atoms with Crippen LogP contribution in [0, 0.1) is 0 Å². The van der Waals surface area contributed by atoms with Crippen LogP contribution in [-0.2, 0) is 0 Å². The van der Waals surface area contributed by atoms with Crippen molar-refractivity contribution in [2.24, 2.45) is 0 Å². The van der Waals surface area contributed by atoms with Crippen molar-refractivity contribution in [2.75, 3.05) is 20.1 Å². The van der Waals surface area contributed by atoms with Crippen LogP contribution < -0.4 is 5.32 Å². The van der Waals surface area contributed by atoms with Crippen molar-refractivity contribution in [3.63, 3.8) is 0 Å². The molecule has 1 heterocycles. The maximum atomic E-state index is 12.4. The van der Waals surface area contributed by atoms with E-state index in [0.717, 1.165) is 32.4 Å². The first-order valence-electron chi connectivity index (χ1n) is 6.59. The van der Waals surface area contributed by atoms with Crippen molar-refractivity contribution in [2.45, 2.75) is 25.3 Å². The van der Waals surface area contributed by atoms with Gasteiger partial charge in [-0.25, -0.2) is 0 Å². The summed E-state index contributed by atoms with van der Waals surface area (Å²) in [6.07, 6.45) is 2.93. The standard InChI is InChI=1S/C14H20N2O3/c1-16(10-3-2-7-15-8-6-10)14(19)12-5-4-11(17)9-13(12)18/h4-5,9-10,15,17-18H,2-3,6-8H2,1H3. The van der Waals surface area contributed by atoms with Gasteiger partial charge in [-0.3, -0.25) is 4.79 Å². The van der Waals surface area contributed by atoms with E-state index in [1.54, 1.807) is 11.9 Å². The normalized spacial score (nSPS) is 19.7. The molecule has 0 aromatic heterocycles. The highest BCUT2D eigenvalue weighted by molar-refractivity contribution is 5.97. The van der Waals surface area contributed by atoms with E-state index in [4.69, 9.17) is 0 Å². The molecule has 104 valence electrons. The maximum absolute atomic E-state index is 12.4. The number of hydrogen-bond acceptors (Lipinski definition) is 4. The van der Waals surface area contributed by atoms with Crippen molar-refractivity contribution >= 4 is 5.91 Å². The van der Waals surface area contributed by atoms with Gasteiger partial charge >= 0.3 is 0 Å². The van der Waals surface area contributed by atoms with Gasteiger partial charge < -0.3 is 20.4 Å². The molecule has 0 aliphatic carbocycles. The van der Waals surface area contributed by atoms with E-state index in [0.29, 0.717) is 0 Å². The second kappa shape index (κ2) is 5.93. The van der Waals surface area contributed by atoms with Crippen LogP contribution >= 0.6 is 0 Å². The van der Waals surface area contributed by atoms with Crippen LogP contribution in [0.25, 0.3) is 0 Å². The summed E-state index contributed by atoms with van der Waals surface area (Å²) < 4.78 is 0. The third kappa shape index (κ3) is 3.17. The number of phenols is 2. The summed E-state index contributed by atoms with van der Waals surface area (Å²) in [4.78, 5) is 14.0. The molecule has 1 aromatic rings. The third-order valence-corrected chi connectivity index (χ3v) is 3.63. The molecule has 1 aliphatic heterocycles. The summed E-state index contributed by atoms with van der Waals surface area (Å²) in [7, 11) is 1.77. The molecular weight excluding hydrogens is 244 g/mol. The van der Waals surface area contributed by atoms with E-state index in [-0.39, 0.29) is 29.0 Å². The lowest BCUT2D eigenvalue weighted by atomic mass is 10.1. The third-order valence-electron chi connectivity index (χ3n) is 3.63. The first-order valence-corrected chi connectivity index (χ1v) is 6.59. The minimum Gasteiger partial charge on any atom is -0.508 e. The average Bonchev–Trinajstić information content (AvgIpc) is 2.66. The summed E-state index contributed by atoms with van der Waals surface area (Å²) in [6, 6.07) is 4.25. The Kier molecular flexibility index (Phi) is 4.27. The largest absolute Gasteiger partial charge is 0.508 e. The van der Waals surface area contributed by atoms with Crippen LogP contribution in [0.5, 0.6) is 11.5 Å². The molecule has 0 bridgehead atoms. The van der Waals surface area contributed by atoms with Crippen LogP contribution in [0.3, 0.4) is 0 Å². The van der Waals surface area contributed by atoms with E-state index in [9.17, 15) is 15.0 Å². The van der Waals surface area contributed by atoms with Gasteiger partial charge in [0.05, 0.1) is 5.56 Å². The molecule has 2 rings (SSSR count). The summed E-state index contributed by atoms with van der Waals surface area (Å²) in [6.45, 7) is 1.90. The van der Waals surface area contributed by atoms with E-state index < -0.39 is 0 Å². The Labute approximate surface area is 112 Å². The molecule has 5 nitrogen and oxygen atoms in total. The lowest BCUT2D eigenvalue weighted by molar-refractivity contribution is 0.0717. The maximum Gasteiger partial charge on any atom is 0.257 e. The van der Waals surface area contributed by atoms with E-state index in [1.165, 1.54) is 18.2 Å². The Morgan fingerprint density at radius 1 is 1.32 bits per heavy atom. The number of nitrogens with zero attached hydrogens (tertiary/aromatic N) is 1. The van der Waals surface area contributed by atoms with Gasteiger partial charge in [-0.05, 0) is 44.5 Å². The smallest absolute Gasteiger partial charge is 0.257 e. The van der Waals surface area contributed by atoms with Crippen LogP contribution in [-0.4, -0.2) is 47.2 Å². The van der Waals surface area contributed by atoms with E-state index in [1.807, 2.05) is 0 Å². The van der Waals surface area contributed by atoms with E-state index in [2.05, 4.69) is 5.32 Å². The minimum absolute atomic E-state index is 0.0460. The van der Waals surface area contributed by atoms with Crippen LogP contribution in [0.15, 0.2) is 18.2 Å². The van der Waals surface area contributed by atoms with Crippen LogP contribution in [0.2, 0.25) is 0 Å². The van der Waals surface area contributed by atoms with Crippen molar-refractivity contribution < 1.29 is 15.0 Å². The Bertz CT molecular complexity index is 454. The predicted molar refractivity (Wildman–Crippen MR) is 72.4 cm³/mol. The number of carbonyl (C=O) groups excluding carboxylic acids is 1. The number of aromatic hydroxyl groups is 2. The lowest BCUT2D eigenvalue weighted by Crippen LogP contribution is -2.37. The Morgan fingerprint density at radius 3 is 2.84 bits per heavy atom. The van der Waals surface area contributed by atoms with Crippen molar-refractivity contribution in [3.05, 3.63) is 23.8 Å². The number of phenolic OH excluding ortho intramolecular Hbond substituents is 2. The van der Waals surface area contributed by atoms with Gasteiger partial charge in [0.1, 0.15) is 11.5 Å². The molecule has 1 unspecified atom stereocenters. The van der Waals surface area contributed by atoms with Crippen molar-refractivity contribution in [1.82, 2.24) is 10.2 Å². The highest BCUT2D eigenvalue weighted by Crippen LogP contribution is 2.25. The lowest BCUT2D eigenvalue weighted by Gasteiger charge is -2.27. The summed E-state index contributed by atoms with van der Waals surface area (Å²) in [5, 5.41) is 22.3. The van der Waals surface area contributed by atoms with Gasteiger partial charge in [0.2, 0.25) is 0 Å². The number of amides is 1. The Hall–Kier alpha value is -1.75. The van der Waals surface area contributed by atoms with Gasteiger partial charge in [0.25, 0.3) is 5.91 Å². The molecule has 1 atom stereocenters. The van der Waals surface area contributed by atoms with Crippen LogP contribution in [0.4, 0.5) is 0 Å². The molecule has 19 heavy (non-hydrogen) atoms. The fourth-order valence-electron chi connectivity index (χ4n) is 2.44. The number of hydrogen-bond donors (Lipinski definition) is 3. The monoisotopic (exact) mass is 264 g/mol. The van der Waals surface area contributed by atoms with Gasteiger partial charge in [-0.2, -0.15) is 0 Å². The topological polar surface area (TPSA) is 72.8 Å². The minimum atomic E-state index is -0.204. The molecule has 1 aliphatic rings. The first-order chi connectivity index (χ1) is 9.09. The van der Waals surface area contributed by atoms with Gasteiger partial charge in [-0.1, -0.05) is 0 Å². The molecule has 0 spiro atoms. The molecule has 1 saturated heterocycles. The fraction of sp³-hybridized carbons (Fsp3) is 0.500. The van der Waals surface area contributed by atoms with Gasteiger partial charge in [-0.15, -0.1) is 0 Å². The average molecular weight is 264 g/mol.